The van der Waals surface area contributed by atoms with Crippen molar-refractivity contribution in [3.05, 3.63) is 103 Å². The van der Waals surface area contributed by atoms with Gasteiger partial charge in [0.1, 0.15) is 0 Å². The Morgan fingerprint density at radius 1 is 0.969 bits per heavy atom. The number of rotatable bonds is 6. The molecule has 8 nitrogen and oxygen atoms in total. The number of ether oxygens (including phenoxy) is 1. The van der Waals surface area contributed by atoms with Crippen LogP contribution < -0.4 is 10.2 Å². The van der Waals surface area contributed by atoms with Gasteiger partial charge in [-0.1, -0.05) is 53.0 Å². The Morgan fingerprint density at radius 3 is 2.41 bits per heavy atom. The van der Waals surface area contributed by atoms with Crippen LogP contribution in [-0.4, -0.2) is 23.0 Å². The fraction of sp³-hybridized carbons (Fsp3) is 0. The van der Waals surface area contributed by atoms with Crippen LogP contribution in [0.4, 0.5) is 5.69 Å². The molecule has 0 atom stereocenters. The third-order valence-electron chi connectivity index (χ3n) is 4.06. The van der Waals surface area contributed by atoms with Crippen LogP contribution in [0.2, 0.25) is 15.1 Å². The number of nitro groups is 1. The molecule has 0 heterocycles. The van der Waals surface area contributed by atoms with Crippen LogP contribution in [0.15, 0.2) is 65.8 Å². The summed E-state index contributed by atoms with van der Waals surface area (Å²) in [5.41, 5.74) is 2.00. The van der Waals surface area contributed by atoms with Crippen molar-refractivity contribution >= 4 is 58.6 Å². The first-order valence-electron chi connectivity index (χ1n) is 8.80. The van der Waals surface area contributed by atoms with Crippen LogP contribution in [0, 0.1) is 10.1 Å². The topological polar surface area (TPSA) is 111 Å². The van der Waals surface area contributed by atoms with Gasteiger partial charge in [-0.15, -0.1) is 0 Å². The van der Waals surface area contributed by atoms with Gasteiger partial charge in [-0.3, -0.25) is 14.9 Å². The van der Waals surface area contributed by atoms with E-state index in [1.54, 1.807) is 12.1 Å². The molecule has 3 rings (SSSR count). The van der Waals surface area contributed by atoms with E-state index in [-0.39, 0.29) is 32.5 Å². The summed E-state index contributed by atoms with van der Waals surface area (Å²) in [5.74, 6) is -1.88. The van der Waals surface area contributed by atoms with E-state index < -0.39 is 22.5 Å². The molecule has 0 aliphatic rings. The molecule has 1 N–H and O–H groups in total. The number of hydrazone groups is 1. The Hall–Kier alpha value is -3.46. The molecule has 0 bridgehead atoms. The summed E-state index contributed by atoms with van der Waals surface area (Å²) in [6.07, 6.45) is 1.10. The zero-order valence-corrected chi connectivity index (χ0v) is 18.2. The fourth-order valence-corrected chi connectivity index (χ4v) is 3.27. The van der Waals surface area contributed by atoms with Gasteiger partial charge in [0.25, 0.3) is 5.91 Å². The number of benzene rings is 3. The number of hydrogen-bond donors (Lipinski definition) is 1. The standard InChI is InChI=1S/C21H12Cl3N3O5/c22-13-8-9-14(17(24)10-13)20(28)26-25-11-12-4-3-7-18(27(30)31)19(12)32-21(29)15-5-1-2-6-16(15)23/h1-11H,(H,26,28)/b25-11+. The van der Waals surface area contributed by atoms with Gasteiger partial charge in [0.2, 0.25) is 5.75 Å². The molecule has 32 heavy (non-hydrogen) atoms. The number of carbonyl (C=O) groups is 2. The van der Waals surface area contributed by atoms with Gasteiger partial charge in [-0.05, 0) is 36.4 Å². The minimum atomic E-state index is -0.892. The summed E-state index contributed by atoms with van der Waals surface area (Å²) in [6.45, 7) is 0. The van der Waals surface area contributed by atoms with Gasteiger partial charge in [-0.25, -0.2) is 10.2 Å². The highest BCUT2D eigenvalue weighted by Crippen LogP contribution is 2.31. The third-order valence-corrected chi connectivity index (χ3v) is 4.93. The number of nitro benzene ring substituents is 1. The number of nitrogens with one attached hydrogen (secondary N) is 1. The van der Waals surface area contributed by atoms with E-state index in [4.69, 9.17) is 39.5 Å². The van der Waals surface area contributed by atoms with E-state index in [0.717, 1.165) is 6.21 Å². The molecule has 3 aromatic carbocycles. The number of para-hydroxylation sites is 1. The second-order valence-corrected chi connectivity index (χ2v) is 7.40. The monoisotopic (exact) mass is 491 g/mol. The molecule has 11 heteroatoms. The predicted molar refractivity (Wildman–Crippen MR) is 121 cm³/mol. The molecule has 0 spiro atoms. The Bertz CT molecular complexity index is 1250. The lowest BCUT2D eigenvalue weighted by Crippen LogP contribution is -2.18. The SMILES string of the molecule is O=C(N/N=C/c1cccc([N+](=O)[O-])c1OC(=O)c1ccccc1Cl)c1ccc(Cl)cc1Cl. The first-order valence-corrected chi connectivity index (χ1v) is 9.94. The summed E-state index contributed by atoms with van der Waals surface area (Å²) < 4.78 is 5.27. The number of hydrogen-bond acceptors (Lipinski definition) is 6. The minimum absolute atomic E-state index is 0.0286. The van der Waals surface area contributed by atoms with Crippen LogP contribution in [0.5, 0.6) is 5.75 Å². The maximum atomic E-state index is 12.5. The predicted octanol–water partition coefficient (Wildman–Crippen LogP) is 5.54. The third kappa shape index (κ3) is 5.42. The Labute approximate surface area is 196 Å². The molecule has 3 aromatic rings. The Morgan fingerprint density at radius 2 is 1.72 bits per heavy atom. The summed E-state index contributed by atoms with van der Waals surface area (Å²) in [4.78, 5) is 35.5. The van der Waals surface area contributed by atoms with Gasteiger partial charge < -0.3 is 4.74 Å². The number of amides is 1. The summed E-state index contributed by atoms with van der Waals surface area (Å²) in [5, 5.41) is 15.8. The highest BCUT2D eigenvalue weighted by atomic mass is 35.5. The smallest absolute Gasteiger partial charge is 0.345 e. The summed E-state index contributed by atoms with van der Waals surface area (Å²) >= 11 is 17.8. The average Bonchev–Trinajstić information content (AvgIpc) is 2.74. The zero-order chi connectivity index (χ0) is 23.3. The molecule has 0 radical (unpaired) electrons. The van der Waals surface area contributed by atoms with E-state index in [1.807, 2.05) is 0 Å². The number of nitrogens with zero attached hydrogens (tertiary/aromatic N) is 2. The molecule has 0 saturated heterocycles. The van der Waals surface area contributed by atoms with Gasteiger partial charge in [0.05, 0.1) is 32.3 Å². The van der Waals surface area contributed by atoms with Gasteiger partial charge >= 0.3 is 11.7 Å². The summed E-state index contributed by atoms with van der Waals surface area (Å²) in [7, 11) is 0. The number of halogens is 3. The molecule has 0 fully saturated rings. The normalized spacial score (nSPS) is 10.7. The largest absolute Gasteiger partial charge is 0.415 e. The maximum Gasteiger partial charge on any atom is 0.345 e. The van der Waals surface area contributed by atoms with Crippen molar-refractivity contribution in [1.29, 1.82) is 0 Å². The van der Waals surface area contributed by atoms with Crippen LogP contribution in [-0.2, 0) is 0 Å². The van der Waals surface area contributed by atoms with Crippen molar-refractivity contribution < 1.29 is 19.2 Å². The molecule has 0 aliphatic carbocycles. The molecule has 0 saturated carbocycles. The van der Waals surface area contributed by atoms with E-state index in [9.17, 15) is 19.7 Å². The van der Waals surface area contributed by atoms with E-state index in [0.29, 0.717) is 5.02 Å². The van der Waals surface area contributed by atoms with Gasteiger partial charge in [-0.2, -0.15) is 5.10 Å². The van der Waals surface area contributed by atoms with Crippen LogP contribution in [0.1, 0.15) is 26.3 Å². The number of carbonyl (C=O) groups excluding carboxylic acids is 2. The van der Waals surface area contributed by atoms with Crippen molar-refractivity contribution in [3.8, 4) is 5.75 Å². The number of esters is 1. The van der Waals surface area contributed by atoms with Crippen LogP contribution in [0.3, 0.4) is 0 Å². The quantitative estimate of drug-likeness (QED) is 0.160. The van der Waals surface area contributed by atoms with Crippen LogP contribution >= 0.6 is 34.8 Å². The van der Waals surface area contributed by atoms with E-state index in [2.05, 4.69) is 10.5 Å². The lowest BCUT2D eigenvalue weighted by Gasteiger charge is -2.09. The highest BCUT2D eigenvalue weighted by molar-refractivity contribution is 6.36. The lowest BCUT2D eigenvalue weighted by molar-refractivity contribution is -0.385. The molecular formula is C21H12Cl3N3O5. The molecule has 0 unspecified atom stereocenters. The minimum Gasteiger partial charge on any atom is -0.415 e. The first-order chi connectivity index (χ1) is 15.3. The van der Waals surface area contributed by atoms with Crippen molar-refractivity contribution in [3.63, 3.8) is 0 Å². The van der Waals surface area contributed by atoms with Gasteiger partial charge in [0, 0.05) is 16.7 Å². The second kappa shape index (κ2) is 10.2. The molecule has 162 valence electrons. The fourth-order valence-electron chi connectivity index (χ4n) is 2.57. The van der Waals surface area contributed by atoms with E-state index in [1.165, 1.54) is 48.5 Å². The van der Waals surface area contributed by atoms with Crippen molar-refractivity contribution in [1.82, 2.24) is 5.43 Å². The average molecular weight is 493 g/mol. The Kier molecular flexibility index (Phi) is 7.42. The first kappa shape index (κ1) is 23.2. The highest BCUT2D eigenvalue weighted by Gasteiger charge is 2.23. The van der Waals surface area contributed by atoms with Crippen LogP contribution in [0.25, 0.3) is 0 Å². The Balaban J connectivity index is 1.87. The van der Waals surface area contributed by atoms with Crippen molar-refractivity contribution in [2.75, 3.05) is 0 Å². The van der Waals surface area contributed by atoms with Gasteiger partial charge in [0.15, 0.2) is 0 Å². The second-order valence-electron chi connectivity index (χ2n) is 6.15. The zero-order valence-electron chi connectivity index (χ0n) is 15.9. The molecular weight excluding hydrogens is 481 g/mol. The van der Waals surface area contributed by atoms with E-state index >= 15 is 0 Å². The molecule has 1 amide bonds. The maximum absolute atomic E-state index is 12.5. The summed E-state index contributed by atoms with van der Waals surface area (Å²) in [6, 6.07) is 14.4. The van der Waals surface area contributed by atoms with Crippen molar-refractivity contribution in [2.45, 2.75) is 0 Å². The molecule has 0 aliphatic heterocycles. The molecule has 0 aromatic heterocycles. The van der Waals surface area contributed by atoms with Crippen molar-refractivity contribution in [2.24, 2.45) is 5.10 Å². The lowest BCUT2D eigenvalue weighted by atomic mass is 10.2.